The zero-order valence-electron chi connectivity index (χ0n) is 10.8. The molecule has 0 radical (unpaired) electrons. The molecule has 1 aromatic rings. The molecule has 0 amide bonds. The molecule has 0 aliphatic heterocycles. The summed E-state index contributed by atoms with van der Waals surface area (Å²) in [5, 5.41) is 9.13. The van der Waals surface area contributed by atoms with E-state index >= 15 is 0 Å². The van der Waals surface area contributed by atoms with E-state index in [0.717, 1.165) is 11.4 Å². The van der Waals surface area contributed by atoms with Crippen LogP contribution in [-0.2, 0) is 4.79 Å². The van der Waals surface area contributed by atoms with Gasteiger partial charge in [0.05, 0.1) is 0 Å². The van der Waals surface area contributed by atoms with E-state index in [0.29, 0.717) is 0 Å². The van der Waals surface area contributed by atoms with Gasteiger partial charge in [-0.3, -0.25) is 0 Å². The van der Waals surface area contributed by atoms with Crippen LogP contribution in [0.3, 0.4) is 0 Å². The summed E-state index contributed by atoms with van der Waals surface area (Å²) in [6.07, 6.45) is -0.969. The second-order valence-electron chi connectivity index (χ2n) is 5.14. The summed E-state index contributed by atoms with van der Waals surface area (Å²) in [5.74, 6) is -1.01. The molecule has 5 heteroatoms. The Morgan fingerprint density at radius 2 is 1.76 bits per heavy atom. The Morgan fingerprint density at radius 1 is 1.29 bits per heavy atom. The van der Waals surface area contributed by atoms with Gasteiger partial charge in [0.2, 0.25) is 6.10 Å². The highest BCUT2D eigenvalue weighted by atomic mass is 16.5. The Kier molecular flexibility index (Phi) is 3.70. The monoisotopic (exact) mass is 238 g/mol. The summed E-state index contributed by atoms with van der Waals surface area (Å²) in [5.41, 5.74) is 0.989. The Balaban J connectivity index is 2.98. The van der Waals surface area contributed by atoms with Crippen molar-refractivity contribution in [3.63, 3.8) is 0 Å². The quantitative estimate of drug-likeness (QED) is 0.871. The van der Waals surface area contributed by atoms with Crippen LogP contribution >= 0.6 is 0 Å². The molecule has 1 heterocycles. The van der Waals surface area contributed by atoms with Gasteiger partial charge in [-0.05, 0) is 19.9 Å². The third-order valence-electron chi connectivity index (χ3n) is 2.20. The van der Waals surface area contributed by atoms with Gasteiger partial charge in [0.1, 0.15) is 0 Å². The highest BCUT2D eigenvalue weighted by Crippen LogP contribution is 2.23. The molecule has 0 aromatic carbocycles. The SMILES string of the molecule is Cc1cc(C)nc(OC(C(=O)O)C(C)(C)C)n1. The first kappa shape index (κ1) is 13.4. The normalized spacial score (nSPS) is 13.2. The fourth-order valence-electron chi connectivity index (χ4n) is 1.45. The molecular formula is C12H18N2O3. The molecule has 1 atom stereocenters. The summed E-state index contributed by atoms with van der Waals surface area (Å²) >= 11 is 0. The van der Waals surface area contributed by atoms with E-state index in [4.69, 9.17) is 9.84 Å². The second-order valence-corrected chi connectivity index (χ2v) is 5.14. The number of hydrogen-bond acceptors (Lipinski definition) is 4. The Bertz CT molecular complexity index is 404. The minimum Gasteiger partial charge on any atom is -0.478 e. The van der Waals surface area contributed by atoms with Crippen LogP contribution in [0.2, 0.25) is 0 Å². The van der Waals surface area contributed by atoms with Crippen molar-refractivity contribution in [1.82, 2.24) is 9.97 Å². The van der Waals surface area contributed by atoms with Gasteiger partial charge in [-0.25, -0.2) is 14.8 Å². The van der Waals surface area contributed by atoms with Crippen molar-refractivity contribution in [2.45, 2.75) is 40.7 Å². The van der Waals surface area contributed by atoms with Crippen molar-refractivity contribution in [2.75, 3.05) is 0 Å². The molecule has 1 N–H and O–H groups in total. The molecule has 0 aliphatic rings. The van der Waals surface area contributed by atoms with E-state index in [-0.39, 0.29) is 6.01 Å². The third kappa shape index (κ3) is 3.69. The average molecular weight is 238 g/mol. The van der Waals surface area contributed by atoms with Crippen LogP contribution in [0.5, 0.6) is 6.01 Å². The van der Waals surface area contributed by atoms with E-state index in [1.807, 2.05) is 13.8 Å². The van der Waals surface area contributed by atoms with Gasteiger partial charge in [-0.15, -0.1) is 0 Å². The summed E-state index contributed by atoms with van der Waals surface area (Å²) in [7, 11) is 0. The second kappa shape index (κ2) is 4.69. The molecule has 0 spiro atoms. The van der Waals surface area contributed by atoms with Gasteiger partial charge in [-0.1, -0.05) is 20.8 Å². The number of nitrogens with zero attached hydrogens (tertiary/aromatic N) is 2. The lowest BCUT2D eigenvalue weighted by Crippen LogP contribution is -2.39. The molecule has 5 nitrogen and oxygen atoms in total. The van der Waals surface area contributed by atoms with Crippen LogP contribution in [0, 0.1) is 19.3 Å². The lowest BCUT2D eigenvalue weighted by molar-refractivity contribution is -0.150. The Morgan fingerprint density at radius 3 is 2.12 bits per heavy atom. The van der Waals surface area contributed by atoms with Gasteiger partial charge < -0.3 is 9.84 Å². The number of aliphatic carboxylic acids is 1. The molecule has 1 aromatic heterocycles. The van der Waals surface area contributed by atoms with Crippen molar-refractivity contribution >= 4 is 5.97 Å². The fraction of sp³-hybridized carbons (Fsp3) is 0.583. The summed E-state index contributed by atoms with van der Waals surface area (Å²) in [6.45, 7) is 9.03. The number of rotatable bonds is 3. The van der Waals surface area contributed by atoms with Crippen molar-refractivity contribution < 1.29 is 14.6 Å². The topological polar surface area (TPSA) is 72.3 Å². The Hall–Kier alpha value is -1.65. The lowest BCUT2D eigenvalue weighted by Gasteiger charge is -2.26. The predicted molar refractivity (Wildman–Crippen MR) is 63.0 cm³/mol. The van der Waals surface area contributed by atoms with Gasteiger partial charge >= 0.3 is 12.0 Å². The van der Waals surface area contributed by atoms with E-state index in [9.17, 15) is 4.79 Å². The number of ether oxygens (including phenoxy) is 1. The highest BCUT2D eigenvalue weighted by molar-refractivity contribution is 5.73. The molecule has 1 rings (SSSR count). The number of aromatic nitrogens is 2. The number of carbonyl (C=O) groups is 1. The number of hydrogen-bond donors (Lipinski definition) is 1. The standard InChI is InChI=1S/C12H18N2O3/c1-7-6-8(2)14-11(13-7)17-9(10(15)16)12(3,4)5/h6,9H,1-5H3,(H,15,16). The van der Waals surface area contributed by atoms with E-state index in [1.165, 1.54) is 0 Å². The summed E-state index contributed by atoms with van der Waals surface area (Å²) in [6, 6.07) is 1.92. The van der Waals surface area contributed by atoms with Gasteiger partial charge in [0.25, 0.3) is 0 Å². The maximum absolute atomic E-state index is 11.1. The smallest absolute Gasteiger partial charge is 0.345 e. The maximum Gasteiger partial charge on any atom is 0.345 e. The highest BCUT2D eigenvalue weighted by Gasteiger charge is 2.34. The zero-order valence-corrected chi connectivity index (χ0v) is 10.8. The molecule has 0 saturated carbocycles. The third-order valence-corrected chi connectivity index (χ3v) is 2.20. The molecule has 0 saturated heterocycles. The fourth-order valence-corrected chi connectivity index (χ4v) is 1.45. The maximum atomic E-state index is 11.1. The average Bonchev–Trinajstić information content (AvgIpc) is 2.10. The van der Waals surface area contributed by atoms with Crippen molar-refractivity contribution in [3.8, 4) is 6.01 Å². The lowest BCUT2D eigenvalue weighted by atomic mass is 9.89. The molecule has 0 bridgehead atoms. The van der Waals surface area contributed by atoms with E-state index < -0.39 is 17.5 Å². The summed E-state index contributed by atoms with van der Waals surface area (Å²) in [4.78, 5) is 19.3. The van der Waals surface area contributed by atoms with Crippen LogP contribution < -0.4 is 4.74 Å². The molecule has 94 valence electrons. The summed E-state index contributed by atoms with van der Waals surface area (Å²) < 4.78 is 5.38. The van der Waals surface area contributed by atoms with Crippen molar-refractivity contribution in [3.05, 3.63) is 17.5 Å². The van der Waals surface area contributed by atoms with E-state index in [1.54, 1.807) is 26.8 Å². The predicted octanol–water partition coefficient (Wildman–Crippen LogP) is 1.97. The number of aryl methyl sites for hydroxylation is 2. The minimum absolute atomic E-state index is 0.116. The minimum atomic E-state index is -1.01. The van der Waals surface area contributed by atoms with Crippen LogP contribution in [0.15, 0.2) is 6.07 Å². The molecule has 1 unspecified atom stereocenters. The van der Waals surface area contributed by atoms with Gasteiger partial charge in [0, 0.05) is 16.8 Å². The van der Waals surface area contributed by atoms with Crippen LogP contribution in [-0.4, -0.2) is 27.1 Å². The molecule has 0 fully saturated rings. The largest absolute Gasteiger partial charge is 0.478 e. The van der Waals surface area contributed by atoms with Crippen molar-refractivity contribution in [1.29, 1.82) is 0 Å². The Labute approximate surface area is 101 Å². The first-order chi connectivity index (χ1) is 7.70. The van der Waals surface area contributed by atoms with Crippen LogP contribution in [0.1, 0.15) is 32.2 Å². The van der Waals surface area contributed by atoms with Gasteiger partial charge in [0.15, 0.2) is 0 Å². The zero-order chi connectivity index (χ0) is 13.2. The van der Waals surface area contributed by atoms with Crippen LogP contribution in [0.4, 0.5) is 0 Å². The molecule has 0 aliphatic carbocycles. The number of carboxylic acid groups (broad SMARTS) is 1. The first-order valence-electron chi connectivity index (χ1n) is 5.42. The first-order valence-corrected chi connectivity index (χ1v) is 5.42. The van der Waals surface area contributed by atoms with Crippen molar-refractivity contribution in [2.24, 2.45) is 5.41 Å². The number of carboxylic acids is 1. The molecule has 17 heavy (non-hydrogen) atoms. The van der Waals surface area contributed by atoms with Gasteiger partial charge in [-0.2, -0.15) is 0 Å². The molecular weight excluding hydrogens is 220 g/mol. The van der Waals surface area contributed by atoms with E-state index in [2.05, 4.69) is 9.97 Å². The van der Waals surface area contributed by atoms with Crippen LogP contribution in [0.25, 0.3) is 0 Å².